The molecule has 1 amide bonds. The molecule has 3 aromatic rings. The Morgan fingerprint density at radius 1 is 1.17 bits per heavy atom. The molecule has 0 atom stereocenters. The zero-order valence-corrected chi connectivity index (χ0v) is 14.0. The lowest BCUT2D eigenvalue weighted by molar-refractivity contribution is 0.0963. The Labute approximate surface area is 145 Å². The molecule has 0 spiro atoms. The van der Waals surface area contributed by atoms with E-state index in [9.17, 15) is 4.79 Å². The van der Waals surface area contributed by atoms with E-state index in [0.717, 1.165) is 28.7 Å². The molecule has 1 heterocycles. The number of amides is 1. The lowest BCUT2D eigenvalue weighted by Crippen LogP contribution is -2.18. The van der Waals surface area contributed by atoms with E-state index in [1.807, 2.05) is 36.4 Å². The molecule has 6 heteroatoms. The molecule has 2 aromatic carbocycles. The van der Waals surface area contributed by atoms with Gasteiger partial charge in [-0.05, 0) is 42.3 Å². The second kappa shape index (κ2) is 7.27. The molecule has 0 fully saturated rings. The summed E-state index contributed by atoms with van der Waals surface area (Å²) in [5.74, 6) is 0.697. The molecule has 24 heavy (non-hydrogen) atoms. The molecule has 3 rings (SSSR count). The van der Waals surface area contributed by atoms with Crippen LogP contribution in [0.5, 0.6) is 0 Å². The van der Waals surface area contributed by atoms with Gasteiger partial charge in [-0.25, -0.2) is 9.97 Å². The van der Waals surface area contributed by atoms with Gasteiger partial charge in [-0.15, -0.1) is 0 Å². The number of aromatic nitrogens is 2. The van der Waals surface area contributed by atoms with Crippen LogP contribution < -0.4 is 10.6 Å². The quantitative estimate of drug-likeness (QED) is 0.748. The van der Waals surface area contributed by atoms with E-state index in [-0.39, 0.29) is 5.91 Å². The summed E-state index contributed by atoms with van der Waals surface area (Å²) in [6.45, 7) is 0.700. The van der Waals surface area contributed by atoms with Crippen molar-refractivity contribution in [3.8, 4) is 0 Å². The standard InChI is InChI=1S/C18H17ClN4O/c1-20-18(24)13-4-2-3-12(9-13)7-8-21-17-15-6-5-14(19)10-16(15)22-11-23-17/h2-6,9-11H,7-8H2,1H3,(H,20,24)(H,21,22,23). The second-order valence-corrected chi connectivity index (χ2v) is 5.78. The number of benzene rings is 2. The molecule has 5 nitrogen and oxygen atoms in total. The monoisotopic (exact) mass is 340 g/mol. The fourth-order valence-electron chi connectivity index (χ4n) is 2.51. The number of halogens is 1. The van der Waals surface area contributed by atoms with Crippen LogP contribution in [0.25, 0.3) is 10.9 Å². The Bertz CT molecular complexity index is 882. The fraction of sp³-hybridized carbons (Fsp3) is 0.167. The summed E-state index contributed by atoms with van der Waals surface area (Å²) in [5.41, 5.74) is 2.56. The molecule has 2 N–H and O–H groups in total. The van der Waals surface area contributed by atoms with Gasteiger partial charge in [0.05, 0.1) is 5.52 Å². The molecule has 0 radical (unpaired) electrons. The molecule has 1 aromatic heterocycles. The van der Waals surface area contributed by atoms with Crippen LogP contribution in [0.3, 0.4) is 0 Å². The van der Waals surface area contributed by atoms with Gasteiger partial charge >= 0.3 is 0 Å². The summed E-state index contributed by atoms with van der Waals surface area (Å²) >= 11 is 5.99. The minimum Gasteiger partial charge on any atom is -0.369 e. The summed E-state index contributed by atoms with van der Waals surface area (Å²) < 4.78 is 0. The highest BCUT2D eigenvalue weighted by Crippen LogP contribution is 2.22. The zero-order valence-electron chi connectivity index (χ0n) is 13.2. The van der Waals surface area contributed by atoms with E-state index in [4.69, 9.17) is 11.6 Å². The molecular formula is C18H17ClN4O. The third-order valence-corrected chi connectivity index (χ3v) is 3.96. The predicted molar refractivity (Wildman–Crippen MR) is 96.6 cm³/mol. The van der Waals surface area contributed by atoms with Gasteiger partial charge < -0.3 is 10.6 Å². The molecule has 0 saturated carbocycles. The first-order chi connectivity index (χ1) is 11.7. The highest BCUT2D eigenvalue weighted by atomic mass is 35.5. The maximum atomic E-state index is 11.7. The van der Waals surface area contributed by atoms with E-state index in [1.54, 1.807) is 13.1 Å². The van der Waals surface area contributed by atoms with Crippen molar-refractivity contribution in [2.45, 2.75) is 6.42 Å². The summed E-state index contributed by atoms with van der Waals surface area (Å²) in [4.78, 5) is 20.2. The van der Waals surface area contributed by atoms with E-state index >= 15 is 0 Å². The van der Waals surface area contributed by atoms with Crippen molar-refractivity contribution in [3.63, 3.8) is 0 Å². The Morgan fingerprint density at radius 3 is 2.88 bits per heavy atom. The van der Waals surface area contributed by atoms with Gasteiger partial charge in [-0.3, -0.25) is 4.79 Å². The van der Waals surface area contributed by atoms with E-state index in [2.05, 4.69) is 20.6 Å². The largest absolute Gasteiger partial charge is 0.369 e. The summed E-state index contributed by atoms with van der Waals surface area (Å²) in [6, 6.07) is 13.2. The van der Waals surface area contributed by atoms with Crippen LogP contribution in [-0.2, 0) is 6.42 Å². The molecule has 0 unspecified atom stereocenters. The van der Waals surface area contributed by atoms with Crippen molar-refractivity contribution in [1.82, 2.24) is 15.3 Å². The zero-order chi connectivity index (χ0) is 16.9. The second-order valence-electron chi connectivity index (χ2n) is 5.34. The molecule has 0 aliphatic rings. The number of hydrogen-bond acceptors (Lipinski definition) is 4. The number of fused-ring (bicyclic) bond motifs is 1. The van der Waals surface area contributed by atoms with Gasteiger partial charge in [0.2, 0.25) is 0 Å². The smallest absolute Gasteiger partial charge is 0.251 e. The van der Waals surface area contributed by atoms with Crippen molar-refractivity contribution >= 4 is 34.2 Å². The van der Waals surface area contributed by atoms with Crippen molar-refractivity contribution < 1.29 is 4.79 Å². The van der Waals surface area contributed by atoms with Crippen LogP contribution in [0.15, 0.2) is 48.8 Å². The van der Waals surface area contributed by atoms with Crippen LogP contribution in [0.4, 0.5) is 5.82 Å². The minimum absolute atomic E-state index is 0.0801. The number of carbonyl (C=O) groups excluding carboxylic acids is 1. The van der Waals surface area contributed by atoms with Gasteiger partial charge in [0.15, 0.2) is 0 Å². The predicted octanol–water partition coefficient (Wildman–Crippen LogP) is 3.30. The van der Waals surface area contributed by atoms with Gasteiger partial charge in [-0.2, -0.15) is 0 Å². The van der Waals surface area contributed by atoms with Crippen LogP contribution in [0.2, 0.25) is 5.02 Å². The van der Waals surface area contributed by atoms with Gasteiger partial charge in [-0.1, -0.05) is 23.7 Å². The van der Waals surface area contributed by atoms with Gasteiger partial charge in [0.1, 0.15) is 12.1 Å². The Morgan fingerprint density at radius 2 is 2.04 bits per heavy atom. The van der Waals surface area contributed by atoms with E-state index < -0.39 is 0 Å². The van der Waals surface area contributed by atoms with E-state index in [1.165, 1.54) is 6.33 Å². The van der Waals surface area contributed by atoms with Crippen LogP contribution >= 0.6 is 11.6 Å². The number of carbonyl (C=O) groups is 1. The molecule has 0 aliphatic carbocycles. The number of rotatable bonds is 5. The number of nitrogens with zero attached hydrogens (tertiary/aromatic N) is 2. The molecule has 0 saturated heterocycles. The van der Waals surface area contributed by atoms with Crippen LogP contribution in [-0.4, -0.2) is 29.5 Å². The van der Waals surface area contributed by atoms with Crippen molar-refractivity contribution in [3.05, 3.63) is 64.9 Å². The van der Waals surface area contributed by atoms with Crippen LogP contribution in [0.1, 0.15) is 15.9 Å². The summed E-state index contributed by atoms with van der Waals surface area (Å²) in [6.07, 6.45) is 2.30. The Kier molecular flexibility index (Phi) is 4.91. The fourth-order valence-corrected chi connectivity index (χ4v) is 2.68. The topological polar surface area (TPSA) is 66.9 Å². The molecular weight excluding hydrogens is 324 g/mol. The van der Waals surface area contributed by atoms with Crippen LogP contribution in [0, 0.1) is 0 Å². The highest BCUT2D eigenvalue weighted by molar-refractivity contribution is 6.31. The van der Waals surface area contributed by atoms with Crippen molar-refractivity contribution in [2.75, 3.05) is 18.9 Å². The Balaban J connectivity index is 1.70. The minimum atomic E-state index is -0.0801. The number of anilines is 1. The maximum absolute atomic E-state index is 11.7. The summed E-state index contributed by atoms with van der Waals surface area (Å²) in [5, 5.41) is 7.54. The molecule has 0 bridgehead atoms. The first kappa shape index (κ1) is 16.2. The maximum Gasteiger partial charge on any atom is 0.251 e. The summed E-state index contributed by atoms with van der Waals surface area (Å²) in [7, 11) is 1.63. The van der Waals surface area contributed by atoms with Gasteiger partial charge in [0.25, 0.3) is 5.91 Å². The SMILES string of the molecule is CNC(=O)c1cccc(CCNc2ncnc3cc(Cl)ccc23)c1. The lowest BCUT2D eigenvalue weighted by atomic mass is 10.1. The van der Waals surface area contributed by atoms with E-state index in [0.29, 0.717) is 17.1 Å². The Hall–Kier alpha value is -2.66. The normalized spacial score (nSPS) is 10.6. The lowest BCUT2D eigenvalue weighted by Gasteiger charge is -2.09. The highest BCUT2D eigenvalue weighted by Gasteiger charge is 2.06. The average Bonchev–Trinajstić information content (AvgIpc) is 2.61. The van der Waals surface area contributed by atoms with Gasteiger partial charge in [0, 0.05) is 29.6 Å². The molecule has 0 aliphatic heterocycles. The third kappa shape index (κ3) is 3.63. The van der Waals surface area contributed by atoms with Crippen molar-refractivity contribution in [2.24, 2.45) is 0 Å². The third-order valence-electron chi connectivity index (χ3n) is 3.72. The average molecular weight is 341 g/mol. The first-order valence-corrected chi connectivity index (χ1v) is 8.00. The molecule has 122 valence electrons. The van der Waals surface area contributed by atoms with Crippen molar-refractivity contribution in [1.29, 1.82) is 0 Å². The number of hydrogen-bond donors (Lipinski definition) is 2. The number of nitrogens with one attached hydrogen (secondary N) is 2. The first-order valence-electron chi connectivity index (χ1n) is 7.62.